The molecule has 3 heteroatoms. The molecule has 1 atom stereocenters. The lowest BCUT2D eigenvalue weighted by Gasteiger charge is -2.25. The normalized spacial score (nSPS) is 12.3. The monoisotopic (exact) mass is 297 g/mol. The first-order chi connectivity index (χ1) is 10.6. The first kappa shape index (κ1) is 16.2. The van der Waals surface area contributed by atoms with Gasteiger partial charge in [0.25, 0.3) is 0 Å². The number of hydrogen-bond donors (Lipinski definition) is 1. The molecule has 2 rings (SSSR count). The van der Waals surface area contributed by atoms with E-state index in [2.05, 4.69) is 48.2 Å². The van der Waals surface area contributed by atoms with Gasteiger partial charge >= 0.3 is 5.97 Å². The molecule has 116 valence electrons. The maximum atomic E-state index is 10.6. The van der Waals surface area contributed by atoms with Crippen molar-refractivity contribution in [2.75, 3.05) is 13.6 Å². The minimum atomic E-state index is -0.728. The fourth-order valence-corrected chi connectivity index (χ4v) is 2.51. The Hall–Kier alpha value is -2.13. The molecule has 2 aromatic carbocycles. The first-order valence-electron chi connectivity index (χ1n) is 7.65. The van der Waals surface area contributed by atoms with Crippen LogP contribution in [0.5, 0.6) is 0 Å². The van der Waals surface area contributed by atoms with Crippen LogP contribution in [-0.4, -0.2) is 29.6 Å². The standard InChI is InChI=1S/C19H23NO2/c1-15(20(2)14-6-9-19(21)22)16-10-12-18(13-11-16)17-7-4-3-5-8-17/h3-5,7-8,10-13,15H,6,9,14H2,1-2H3,(H,21,22). The van der Waals surface area contributed by atoms with E-state index in [4.69, 9.17) is 5.11 Å². The van der Waals surface area contributed by atoms with Gasteiger partial charge in [-0.3, -0.25) is 9.69 Å². The van der Waals surface area contributed by atoms with Gasteiger partial charge in [-0.2, -0.15) is 0 Å². The van der Waals surface area contributed by atoms with Gasteiger partial charge in [-0.05, 0) is 43.6 Å². The zero-order chi connectivity index (χ0) is 15.9. The third-order valence-corrected chi connectivity index (χ3v) is 4.06. The van der Waals surface area contributed by atoms with Crippen molar-refractivity contribution in [2.24, 2.45) is 0 Å². The van der Waals surface area contributed by atoms with Gasteiger partial charge in [0.15, 0.2) is 0 Å². The Kier molecular flexibility index (Phi) is 5.73. The van der Waals surface area contributed by atoms with Crippen LogP contribution in [0.2, 0.25) is 0 Å². The summed E-state index contributed by atoms with van der Waals surface area (Å²) >= 11 is 0. The number of carbonyl (C=O) groups is 1. The summed E-state index contributed by atoms with van der Waals surface area (Å²) in [4.78, 5) is 12.8. The van der Waals surface area contributed by atoms with E-state index in [9.17, 15) is 4.79 Å². The van der Waals surface area contributed by atoms with E-state index in [1.807, 2.05) is 25.2 Å². The third-order valence-electron chi connectivity index (χ3n) is 4.06. The molecular weight excluding hydrogens is 274 g/mol. The maximum absolute atomic E-state index is 10.6. The van der Waals surface area contributed by atoms with Gasteiger partial charge in [-0.1, -0.05) is 54.6 Å². The van der Waals surface area contributed by atoms with Crippen LogP contribution in [0, 0.1) is 0 Å². The molecule has 0 bridgehead atoms. The molecule has 0 aliphatic rings. The number of carboxylic acid groups (broad SMARTS) is 1. The molecule has 0 saturated carbocycles. The van der Waals surface area contributed by atoms with Crippen LogP contribution in [0.15, 0.2) is 54.6 Å². The molecule has 22 heavy (non-hydrogen) atoms. The van der Waals surface area contributed by atoms with Crippen LogP contribution in [-0.2, 0) is 4.79 Å². The predicted octanol–water partition coefficient (Wildman–Crippen LogP) is 4.21. The van der Waals surface area contributed by atoms with Crippen LogP contribution in [0.1, 0.15) is 31.4 Å². The first-order valence-corrected chi connectivity index (χ1v) is 7.65. The van der Waals surface area contributed by atoms with Crippen molar-refractivity contribution in [3.63, 3.8) is 0 Å². The van der Waals surface area contributed by atoms with Crippen LogP contribution in [0.4, 0.5) is 0 Å². The van der Waals surface area contributed by atoms with Crippen molar-refractivity contribution < 1.29 is 9.90 Å². The predicted molar refractivity (Wildman–Crippen MR) is 89.8 cm³/mol. The fraction of sp³-hybridized carbons (Fsp3) is 0.316. The fourth-order valence-electron chi connectivity index (χ4n) is 2.51. The second-order valence-electron chi connectivity index (χ2n) is 5.64. The summed E-state index contributed by atoms with van der Waals surface area (Å²) in [7, 11) is 2.04. The molecule has 1 unspecified atom stereocenters. The van der Waals surface area contributed by atoms with Crippen molar-refractivity contribution in [2.45, 2.75) is 25.8 Å². The quantitative estimate of drug-likeness (QED) is 0.832. The zero-order valence-corrected chi connectivity index (χ0v) is 13.2. The van der Waals surface area contributed by atoms with Crippen molar-refractivity contribution in [3.8, 4) is 11.1 Å². The maximum Gasteiger partial charge on any atom is 0.303 e. The van der Waals surface area contributed by atoms with Crippen molar-refractivity contribution >= 4 is 5.97 Å². The molecule has 0 aliphatic heterocycles. The van der Waals surface area contributed by atoms with E-state index in [1.54, 1.807) is 0 Å². The summed E-state index contributed by atoms with van der Waals surface area (Å²) in [5.74, 6) is -0.728. The molecule has 1 N–H and O–H groups in total. The van der Waals surface area contributed by atoms with Crippen LogP contribution in [0.3, 0.4) is 0 Å². The van der Waals surface area contributed by atoms with Gasteiger partial charge in [0.2, 0.25) is 0 Å². The van der Waals surface area contributed by atoms with Gasteiger partial charge in [-0.15, -0.1) is 0 Å². The Balaban J connectivity index is 1.99. The topological polar surface area (TPSA) is 40.5 Å². The zero-order valence-electron chi connectivity index (χ0n) is 13.2. The molecule has 0 spiro atoms. The summed E-state index contributed by atoms with van der Waals surface area (Å²) in [6.45, 7) is 2.94. The summed E-state index contributed by atoms with van der Waals surface area (Å²) in [5.41, 5.74) is 3.68. The van der Waals surface area contributed by atoms with Gasteiger partial charge < -0.3 is 5.11 Å². The lowest BCUT2D eigenvalue weighted by Crippen LogP contribution is -2.24. The van der Waals surface area contributed by atoms with E-state index in [0.29, 0.717) is 6.42 Å². The van der Waals surface area contributed by atoms with Crippen LogP contribution in [0.25, 0.3) is 11.1 Å². The number of aliphatic carboxylic acids is 1. The second kappa shape index (κ2) is 7.76. The lowest BCUT2D eigenvalue weighted by atomic mass is 10.0. The van der Waals surface area contributed by atoms with E-state index in [1.165, 1.54) is 16.7 Å². The number of nitrogens with zero attached hydrogens (tertiary/aromatic N) is 1. The second-order valence-corrected chi connectivity index (χ2v) is 5.64. The van der Waals surface area contributed by atoms with E-state index in [0.717, 1.165) is 6.54 Å². The van der Waals surface area contributed by atoms with Crippen molar-refractivity contribution in [1.29, 1.82) is 0 Å². The smallest absolute Gasteiger partial charge is 0.303 e. The van der Waals surface area contributed by atoms with E-state index in [-0.39, 0.29) is 12.5 Å². The molecule has 0 amide bonds. The number of benzene rings is 2. The largest absolute Gasteiger partial charge is 0.481 e. The Morgan fingerprint density at radius 1 is 1.05 bits per heavy atom. The van der Waals surface area contributed by atoms with Crippen LogP contribution >= 0.6 is 0 Å². The molecule has 3 nitrogen and oxygen atoms in total. The Morgan fingerprint density at radius 3 is 2.23 bits per heavy atom. The molecule has 0 aromatic heterocycles. The highest BCUT2D eigenvalue weighted by atomic mass is 16.4. The molecular formula is C19H23NO2. The lowest BCUT2D eigenvalue weighted by molar-refractivity contribution is -0.137. The molecule has 0 aliphatic carbocycles. The van der Waals surface area contributed by atoms with Gasteiger partial charge in [0.1, 0.15) is 0 Å². The summed E-state index contributed by atoms with van der Waals surface area (Å²) in [6.07, 6.45) is 0.905. The number of rotatable bonds is 7. The number of carboxylic acids is 1. The van der Waals surface area contributed by atoms with Crippen molar-refractivity contribution in [1.82, 2.24) is 4.90 Å². The Bertz CT molecular complexity index is 593. The number of hydrogen-bond acceptors (Lipinski definition) is 2. The molecule has 0 heterocycles. The highest BCUT2D eigenvalue weighted by Gasteiger charge is 2.12. The van der Waals surface area contributed by atoms with E-state index >= 15 is 0 Å². The molecule has 0 saturated heterocycles. The van der Waals surface area contributed by atoms with Crippen molar-refractivity contribution in [3.05, 3.63) is 60.2 Å². The SMILES string of the molecule is CC(c1ccc(-c2ccccc2)cc1)N(C)CCCC(=O)O. The van der Waals surface area contributed by atoms with Gasteiger partial charge in [-0.25, -0.2) is 0 Å². The Labute approximate surface area is 132 Å². The van der Waals surface area contributed by atoms with Crippen LogP contribution < -0.4 is 0 Å². The van der Waals surface area contributed by atoms with Gasteiger partial charge in [0.05, 0.1) is 0 Å². The van der Waals surface area contributed by atoms with E-state index < -0.39 is 5.97 Å². The highest BCUT2D eigenvalue weighted by Crippen LogP contribution is 2.24. The Morgan fingerprint density at radius 2 is 1.64 bits per heavy atom. The highest BCUT2D eigenvalue weighted by molar-refractivity contribution is 5.66. The minimum Gasteiger partial charge on any atom is -0.481 e. The minimum absolute atomic E-state index is 0.226. The average Bonchev–Trinajstić information content (AvgIpc) is 2.54. The summed E-state index contributed by atoms with van der Waals surface area (Å²) < 4.78 is 0. The molecule has 0 fully saturated rings. The van der Waals surface area contributed by atoms with Gasteiger partial charge in [0, 0.05) is 12.5 Å². The summed E-state index contributed by atoms with van der Waals surface area (Å²) in [5, 5.41) is 8.70. The molecule has 0 radical (unpaired) electrons. The third kappa shape index (κ3) is 4.43. The molecule has 2 aromatic rings. The average molecular weight is 297 g/mol. The summed E-state index contributed by atoms with van der Waals surface area (Å²) in [6, 6.07) is 19.2.